The lowest BCUT2D eigenvalue weighted by Crippen LogP contribution is -2.51. The van der Waals surface area contributed by atoms with Crippen molar-refractivity contribution in [2.45, 2.75) is 6.04 Å². The zero-order valence-electron chi connectivity index (χ0n) is 8.65. The van der Waals surface area contributed by atoms with E-state index < -0.39 is 0 Å². The summed E-state index contributed by atoms with van der Waals surface area (Å²) in [4.78, 5) is 6.50. The highest BCUT2D eigenvalue weighted by Crippen LogP contribution is 2.29. The van der Waals surface area contributed by atoms with Crippen molar-refractivity contribution in [2.75, 3.05) is 24.5 Å². The Kier molecular flexibility index (Phi) is 2.34. The van der Waals surface area contributed by atoms with Gasteiger partial charge in [0.15, 0.2) is 0 Å². The minimum atomic E-state index is 0.602. The number of aromatic nitrogens is 1. The molecule has 0 spiro atoms. The van der Waals surface area contributed by atoms with E-state index in [1.165, 1.54) is 0 Å². The molecule has 2 saturated heterocycles. The maximum atomic E-state index is 8.95. The maximum absolute atomic E-state index is 8.95. The van der Waals surface area contributed by atoms with Gasteiger partial charge < -0.3 is 10.2 Å². The van der Waals surface area contributed by atoms with Crippen molar-refractivity contribution in [3.63, 3.8) is 0 Å². The smallest absolute Gasteiger partial charge is 0.123 e. The van der Waals surface area contributed by atoms with Crippen molar-refractivity contribution in [3.8, 4) is 6.07 Å². The van der Waals surface area contributed by atoms with Crippen LogP contribution in [-0.2, 0) is 0 Å². The number of hydrogen-bond donors (Lipinski definition) is 1. The zero-order valence-corrected chi connectivity index (χ0v) is 10.2. The van der Waals surface area contributed by atoms with E-state index in [9.17, 15) is 0 Å². The summed E-state index contributed by atoms with van der Waals surface area (Å²) in [6.45, 7) is 3.22. The second-order valence-corrected chi connectivity index (χ2v) is 5.07. The molecule has 0 bridgehead atoms. The Morgan fingerprint density at radius 3 is 3.00 bits per heavy atom. The molecule has 5 heteroatoms. The number of nitriles is 1. The van der Waals surface area contributed by atoms with Gasteiger partial charge in [-0.3, -0.25) is 0 Å². The summed E-state index contributed by atoms with van der Waals surface area (Å²) in [6.07, 6.45) is 1.83. The fourth-order valence-electron chi connectivity index (χ4n) is 2.35. The monoisotopic (exact) mass is 278 g/mol. The lowest BCUT2D eigenvalue weighted by molar-refractivity contribution is 0.297. The summed E-state index contributed by atoms with van der Waals surface area (Å²) in [5, 5.41) is 12.4. The van der Waals surface area contributed by atoms with Crippen LogP contribution in [0.4, 0.5) is 5.69 Å². The lowest BCUT2D eigenvalue weighted by atomic mass is 9.96. The van der Waals surface area contributed by atoms with Crippen LogP contribution in [0.5, 0.6) is 0 Å². The first-order valence-corrected chi connectivity index (χ1v) is 6.11. The Hall–Kier alpha value is -1.12. The van der Waals surface area contributed by atoms with Gasteiger partial charge in [-0.05, 0) is 22.0 Å². The zero-order chi connectivity index (χ0) is 11.1. The van der Waals surface area contributed by atoms with E-state index in [0.717, 1.165) is 31.2 Å². The number of hydrogen-bond acceptors (Lipinski definition) is 4. The van der Waals surface area contributed by atoms with Crippen molar-refractivity contribution >= 4 is 21.6 Å². The Bertz CT molecular complexity index is 456. The standard InChI is InChI=1S/C11H11BrN4/c12-11-7(2-13)1-9(4-15-11)16-5-8-3-14-10(8)6-16/h1,4,8,10,14H,3,5-6H2/t8-,10-/m1/s1. The molecular weight excluding hydrogens is 268 g/mol. The van der Waals surface area contributed by atoms with Gasteiger partial charge in [0.05, 0.1) is 17.4 Å². The molecule has 0 saturated carbocycles. The molecule has 4 nitrogen and oxygen atoms in total. The van der Waals surface area contributed by atoms with E-state index in [2.05, 4.69) is 37.2 Å². The SMILES string of the molecule is N#Cc1cc(N2C[C@H]3CN[C@@H]3C2)cnc1Br. The number of pyridine rings is 1. The number of fused-ring (bicyclic) bond motifs is 1. The second kappa shape index (κ2) is 3.72. The second-order valence-electron chi connectivity index (χ2n) is 4.32. The van der Waals surface area contributed by atoms with Crippen LogP contribution in [0.1, 0.15) is 5.56 Å². The summed E-state index contributed by atoms with van der Waals surface area (Å²) in [5.74, 6) is 0.772. The van der Waals surface area contributed by atoms with Crippen LogP contribution in [0.15, 0.2) is 16.9 Å². The molecule has 0 aliphatic carbocycles. The quantitative estimate of drug-likeness (QED) is 0.783. The molecule has 1 aromatic heterocycles. The molecule has 1 aromatic rings. The van der Waals surface area contributed by atoms with E-state index in [1.807, 2.05) is 12.3 Å². The van der Waals surface area contributed by atoms with Gasteiger partial charge >= 0.3 is 0 Å². The molecule has 2 atom stereocenters. The van der Waals surface area contributed by atoms with Gasteiger partial charge in [-0.2, -0.15) is 5.26 Å². The first-order chi connectivity index (χ1) is 7.78. The molecule has 16 heavy (non-hydrogen) atoms. The Balaban J connectivity index is 1.87. The van der Waals surface area contributed by atoms with Crippen molar-refractivity contribution in [3.05, 3.63) is 22.4 Å². The molecule has 1 N–H and O–H groups in total. The van der Waals surface area contributed by atoms with Crippen LogP contribution >= 0.6 is 15.9 Å². The number of rotatable bonds is 1. The van der Waals surface area contributed by atoms with Gasteiger partial charge in [0.1, 0.15) is 10.7 Å². The molecule has 0 aromatic carbocycles. The van der Waals surface area contributed by atoms with Crippen molar-refractivity contribution in [1.82, 2.24) is 10.3 Å². The normalized spacial score (nSPS) is 27.1. The first kappa shape index (κ1) is 10.1. The molecule has 0 radical (unpaired) electrons. The highest BCUT2D eigenvalue weighted by Gasteiger charge is 2.39. The van der Waals surface area contributed by atoms with Crippen molar-refractivity contribution < 1.29 is 0 Å². The summed E-state index contributed by atoms with van der Waals surface area (Å²) >= 11 is 3.27. The largest absolute Gasteiger partial charge is 0.368 e. The summed E-state index contributed by atoms with van der Waals surface area (Å²) in [6, 6.07) is 4.68. The van der Waals surface area contributed by atoms with Gasteiger partial charge in [-0.25, -0.2) is 4.98 Å². The third-order valence-electron chi connectivity index (χ3n) is 3.39. The molecule has 0 unspecified atom stereocenters. The summed E-state index contributed by atoms with van der Waals surface area (Å²) < 4.78 is 0.624. The molecular formula is C11H11BrN4. The van der Waals surface area contributed by atoms with Crippen LogP contribution in [0.2, 0.25) is 0 Å². The van der Waals surface area contributed by atoms with E-state index in [0.29, 0.717) is 16.2 Å². The van der Waals surface area contributed by atoms with Crippen LogP contribution in [0.3, 0.4) is 0 Å². The minimum Gasteiger partial charge on any atom is -0.368 e. The lowest BCUT2D eigenvalue weighted by Gasteiger charge is -2.29. The highest BCUT2D eigenvalue weighted by atomic mass is 79.9. The fraction of sp³-hybridized carbons (Fsp3) is 0.455. The van der Waals surface area contributed by atoms with Crippen LogP contribution < -0.4 is 10.2 Å². The Morgan fingerprint density at radius 2 is 2.44 bits per heavy atom. The predicted molar refractivity (Wildman–Crippen MR) is 64.1 cm³/mol. The number of nitrogens with zero attached hydrogens (tertiary/aromatic N) is 3. The molecule has 3 heterocycles. The number of anilines is 1. The average Bonchev–Trinajstić information content (AvgIpc) is 2.56. The van der Waals surface area contributed by atoms with E-state index in [4.69, 9.17) is 5.26 Å². The Morgan fingerprint density at radius 1 is 1.56 bits per heavy atom. The highest BCUT2D eigenvalue weighted by molar-refractivity contribution is 9.10. The molecule has 0 amide bonds. The predicted octanol–water partition coefficient (Wildman–Crippen LogP) is 1.12. The number of halogens is 1. The third-order valence-corrected chi connectivity index (χ3v) is 4.03. The van der Waals surface area contributed by atoms with Gasteiger partial charge in [0.25, 0.3) is 0 Å². The van der Waals surface area contributed by atoms with E-state index >= 15 is 0 Å². The minimum absolute atomic E-state index is 0.602. The number of nitrogens with one attached hydrogen (secondary N) is 1. The van der Waals surface area contributed by atoms with E-state index in [-0.39, 0.29) is 0 Å². The van der Waals surface area contributed by atoms with Crippen LogP contribution in [0, 0.1) is 17.2 Å². The first-order valence-electron chi connectivity index (χ1n) is 5.32. The topological polar surface area (TPSA) is 52.0 Å². The van der Waals surface area contributed by atoms with Crippen LogP contribution in [-0.4, -0.2) is 30.7 Å². The molecule has 2 aliphatic rings. The molecule has 2 aliphatic heterocycles. The van der Waals surface area contributed by atoms with Crippen LogP contribution in [0.25, 0.3) is 0 Å². The van der Waals surface area contributed by atoms with Gasteiger partial charge in [0, 0.05) is 31.6 Å². The molecule has 82 valence electrons. The summed E-state index contributed by atoms with van der Waals surface area (Å²) in [5.41, 5.74) is 1.65. The molecule has 3 rings (SSSR count). The van der Waals surface area contributed by atoms with Gasteiger partial charge in [0.2, 0.25) is 0 Å². The molecule has 2 fully saturated rings. The third kappa shape index (κ3) is 1.49. The average molecular weight is 279 g/mol. The van der Waals surface area contributed by atoms with Gasteiger partial charge in [-0.1, -0.05) is 0 Å². The van der Waals surface area contributed by atoms with Crippen molar-refractivity contribution in [1.29, 1.82) is 5.26 Å². The van der Waals surface area contributed by atoms with Crippen molar-refractivity contribution in [2.24, 2.45) is 5.92 Å². The van der Waals surface area contributed by atoms with E-state index in [1.54, 1.807) is 0 Å². The fourth-order valence-corrected chi connectivity index (χ4v) is 2.66. The Labute approximate surface area is 102 Å². The summed E-state index contributed by atoms with van der Waals surface area (Å²) in [7, 11) is 0. The maximum Gasteiger partial charge on any atom is 0.123 e. The van der Waals surface area contributed by atoms with Gasteiger partial charge in [-0.15, -0.1) is 0 Å².